The monoisotopic (exact) mass is 565 g/mol. The minimum Gasteiger partial charge on any atom is -0.497 e. The zero-order valence-electron chi connectivity index (χ0n) is 24.0. The summed E-state index contributed by atoms with van der Waals surface area (Å²) in [7, 11) is -2.27. The first kappa shape index (κ1) is 30.7. The molecule has 0 aliphatic rings. The quantitative estimate of drug-likeness (QED) is 0.354. The van der Waals surface area contributed by atoms with Crippen LogP contribution in [0.3, 0.4) is 0 Å². The molecule has 1 N–H and O–H groups in total. The summed E-state index contributed by atoms with van der Waals surface area (Å²) in [5.74, 6) is -0.189. The molecular weight excluding hydrogens is 526 g/mol. The van der Waals surface area contributed by atoms with E-state index in [0.29, 0.717) is 11.4 Å². The Morgan fingerprint density at radius 3 is 2.20 bits per heavy atom. The molecule has 2 amide bonds. The van der Waals surface area contributed by atoms with Gasteiger partial charge in [0.1, 0.15) is 18.3 Å². The summed E-state index contributed by atoms with van der Waals surface area (Å²) < 4.78 is 32.5. The van der Waals surface area contributed by atoms with Crippen molar-refractivity contribution in [3.8, 4) is 5.75 Å². The van der Waals surface area contributed by atoms with Crippen LogP contribution in [0.15, 0.2) is 72.8 Å². The number of methoxy groups -OCH3 is 1. The number of hydrogen-bond acceptors (Lipinski definition) is 5. The summed E-state index contributed by atoms with van der Waals surface area (Å²) in [5.41, 5.74) is 3.73. The Hall–Kier alpha value is -3.85. The molecule has 0 bridgehead atoms. The second-order valence-electron chi connectivity index (χ2n) is 10.2. The second-order valence-corrected chi connectivity index (χ2v) is 12.1. The van der Waals surface area contributed by atoms with Gasteiger partial charge in [0, 0.05) is 19.0 Å². The van der Waals surface area contributed by atoms with Gasteiger partial charge in [0.25, 0.3) is 0 Å². The van der Waals surface area contributed by atoms with Gasteiger partial charge in [-0.05, 0) is 68.1 Å². The summed E-state index contributed by atoms with van der Waals surface area (Å²) in [5, 5.41) is 2.95. The number of nitrogens with one attached hydrogen (secondary N) is 1. The van der Waals surface area contributed by atoms with E-state index >= 15 is 0 Å². The van der Waals surface area contributed by atoms with Crippen LogP contribution >= 0.6 is 0 Å². The first-order valence-electron chi connectivity index (χ1n) is 13.2. The molecule has 1 atom stereocenters. The molecule has 3 aromatic carbocycles. The normalized spacial score (nSPS) is 12.1. The molecule has 0 unspecified atom stereocenters. The van der Waals surface area contributed by atoms with Crippen molar-refractivity contribution in [1.29, 1.82) is 0 Å². The molecule has 40 heavy (non-hydrogen) atoms. The zero-order valence-corrected chi connectivity index (χ0v) is 24.9. The topological polar surface area (TPSA) is 96.0 Å². The molecule has 0 saturated carbocycles. The number of sulfonamides is 1. The summed E-state index contributed by atoms with van der Waals surface area (Å²) in [6.45, 7) is 7.07. The molecule has 0 fully saturated rings. The van der Waals surface area contributed by atoms with E-state index in [0.717, 1.165) is 32.8 Å². The molecule has 0 aromatic heterocycles. The number of aryl methyl sites for hydroxylation is 1. The zero-order chi connectivity index (χ0) is 29.4. The number of ether oxygens (including phenoxy) is 1. The van der Waals surface area contributed by atoms with E-state index in [1.54, 1.807) is 31.4 Å². The van der Waals surface area contributed by atoms with Crippen LogP contribution < -0.4 is 14.4 Å². The molecule has 3 aromatic rings. The number of nitrogens with zero attached hydrogens (tertiary/aromatic N) is 2. The molecule has 0 heterocycles. The van der Waals surface area contributed by atoms with Crippen LogP contribution in [0.1, 0.15) is 36.1 Å². The average Bonchev–Trinajstić information content (AvgIpc) is 2.90. The molecule has 0 aliphatic carbocycles. The molecule has 0 radical (unpaired) electrons. The van der Waals surface area contributed by atoms with Crippen LogP contribution in [0.25, 0.3) is 0 Å². The highest BCUT2D eigenvalue weighted by Crippen LogP contribution is 2.26. The first-order valence-corrected chi connectivity index (χ1v) is 15.1. The Morgan fingerprint density at radius 2 is 1.57 bits per heavy atom. The van der Waals surface area contributed by atoms with Crippen LogP contribution in [0.4, 0.5) is 5.69 Å². The SMILES string of the molecule is COc1cccc(CN(C(=O)CN(c2cccc(C)c2C)S(C)(=O)=O)[C@H](Cc2ccccc2)C(=O)NC(C)C)c1. The summed E-state index contributed by atoms with van der Waals surface area (Å²) in [6, 6.07) is 21.0. The molecule has 9 heteroatoms. The molecule has 0 saturated heterocycles. The highest BCUT2D eigenvalue weighted by molar-refractivity contribution is 7.92. The molecule has 3 rings (SSSR count). The maximum absolute atomic E-state index is 14.2. The largest absolute Gasteiger partial charge is 0.497 e. The number of anilines is 1. The van der Waals surface area contributed by atoms with Crippen molar-refractivity contribution in [1.82, 2.24) is 10.2 Å². The lowest BCUT2D eigenvalue weighted by Gasteiger charge is -2.34. The predicted octanol–water partition coefficient (Wildman–Crippen LogP) is 4.24. The van der Waals surface area contributed by atoms with E-state index < -0.39 is 28.5 Å². The van der Waals surface area contributed by atoms with Gasteiger partial charge in [-0.15, -0.1) is 0 Å². The average molecular weight is 566 g/mol. The molecule has 8 nitrogen and oxygen atoms in total. The van der Waals surface area contributed by atoms with Crippen molar-refractivity contribution < 1.29 is 22.7 Å². The van der Waals surface area contributed by atoms with E-state index in [9.17, 15) is 18.0 Å². The second kappa shape index (κ2) is 13.5. The Bertz CT molecular complexity index is 1420. The summed E-state index contributed by atoms with van der Waals surface area (Å²) >= 11 is 0. The van der Waals surface area contributed by atoms with E-state index in [4.69, 9.17) is 4.74 Å². The maximum atomic E-state index is 14.2. The van der Waals surface area contributed by atoms with Gasteiger partial charge in [-0.3, -0.25) is 13.9 Å². The lowest BCUT2D eigenvalue weighted by atomic mass is 10.0. The number of carbonyl (C=O) groups is 2. The Kier molecular flexibility index (Phi) is 10.3. The van der Waals surface area contributed by atoms with Crippen LogP contribution in [0.5, 0.6) is 5.75 Å². The Morgan fingerprint density at radius 1 is 0.925 bits per heavy atom. The van der Waals surface area contributed by atoms with Gasteiger partial charge >= 0.3 is 0 Å². The predicted molar refractivity (Wildman–Crippen MR) is 159 cm³/mol. The van der Waals surface area contributed by atoms with Gasteiger partial charge in [-0.1, -0.05) is 54.6 Å². The lowest BCUT2D eigenvalue weighted by Crippen LogP contribution is -2.54. The standard InChI is InChI=1S/C31H39N3O5S/c1-22(2)32-31(36)29(19-25-13-8-7-9-14-25)33(20-26-15-11-16-27(18-26)39-5)30(35)21-34(40(6,37)38)28-17-10-12-23(3)24(28)4/h7-18,22,29H,19-21H2,1-6H3,(H,32,36)/t29-/m1/s1. The third-order valence-corrected chi connectivity index (χ3v) is 7.84. The van der Waals surface area contributed by atoms with E-state index in [-0.39, 0.29) is 24.9 Å². The fourth-order valence-corrected chi connectivity index (χ4v) is 5.40. The van der Waals surface area contributed by atoms with Crippen molar-refractivity contribution in [2.45, 2.75) is 52.7 Å². The maximum Gasteiger partial charge on any atom is 0.244 e. The minimum atomic E-state index is -3.83. The minimum absolute atomic E-state index is 0.0868. The Labute approximate surface area is 238 Å². The van der Waals surface area contributed by atoms with Crippen LogP contribution in [0, 0.1) is 13.8 Å². The van der Waals surface area contributed by atoms with Gasteiger partial charge in [0.2, 0.25) is 21.8 Å². The fraction of sp³-hybridized carbons (Fsp3) is 0.355. The van der Waals surface area contributed by atoms with E-state index in [1.807, 2.05) is 76.2 Å². The van der Waals surface area contributed by atoms with Crippen molar-refractivity contribution >= 4 is 27.5 Å². The number of benzene rings is 3. The molecule has 214 valence electrons. The summed E-state index contributed by atoms with van der Waals surface area (Å²) in [6.07, 6.45) is 1.35. The summed E-state index contributed by atoms with van der Waals surface area (Å²) in [4.78, 5) is 29.2. The smallest absolute Gasteiger partial charge is 0.244 e. The third kappa shape index (κ3) is 8.08. The molecule has 0 spiro atoms. The number of amides is 2. The molecule has 0 aliphatic heterocycles. The van der Waals surface area contributed by atoms with Gasteiger partial charge in [0.05, 0.1) is 19.1 Å². The van der Waals surface area contributed by atoms with Crippen molar-refractivity contribution in [3.63, 3.8) is 0 Å². The van der Waals surface area contributed by atoms with Gasteiger partial charge < -0.3 is 15.0 Å². The number of rotatable bonds is 12. The Balaban J connectivity index is 2.10. The highest BCUT2D eigenvalue weighted by Gasteiger charge is 2.33. The van der Waals surface area contributed by atoms with Gasteiger partial charge in [-0.2, -0.15) is 0 Å². The highest BCUT2D eigenvalue weighted by atomic mass is 32.2. The van der Waals surface area contributed by atoms with Gasteiger partial charge in [0.15, 0.2) is 0 Å². The van der Waals surface area contributed by atoms with E-state index in [1.165, 1.54) is 4.90 Å². The van der Waals surface area contributed by atoms with Crippen molar-refractivity contribution in [3.05, 3.63) is 95.1 Å². The van der Waals surface area contributed by atoms with Crippen LogP contribution in [0.2, 0.25) is 0 Å². The van der Waals surface area contributed by atoms with Crippen molar-refractivity contribution in [2.75, 3.05) is 24.2 Å². The lowest BCUT2D eigenvalue weighted by molar-refractivity contribution is -0.140. The fourth-order valence-electron chi connectivity index (χ4n) is 4.50. The van der Waals surface area contributed by atoms with E-state index in [2.05, 4.69) is 5.32 Å². The number of hydrogen-bond donors (Lipinski definition) is 1. The van der Waals surface area contributed by atoms with Gasteiger partial charge in [-0.25, -0.2) is 8.42 Å². The first-order chi connectivity index (χ1) is 18.9. The third-order valence-electron chi connectivity index (χ3n) is 6.71. The van der Waals surface area contributed by atoms with Crippen LogP contribution in [-0.2, 0) is 32.6 Å². The van der Waals surface area contributed by atoms with Crippen LogP contribution in [-0.4, -0.2) is 57.1 Å². The van der Waals surface area contributed by atoms with Crippen molar-refractivity contribution in [2.24, 2.45) is 0 Å². The number of carbonyl (C=O) groups excluding carboxylic acids is 2. The molecular formula is C31H39N3O5S.